The van der Waals surface area contributed by atoms with Gasteiger partial charge < -0.3 is 15.0 Å². The van der Waals surface area contributed by atoms with Crippen molar-refractivity contribution in [1.29, 1.82) is 0 Å². The Bertz CT molecular complexity index is 644. The third kappa shape index (κ3) is 5.94. The first-order valence-electron chi connectivity index (χ1n) is 10.6. The minimum Gasteiger partial charge on any atom is -0.381 e. The lowest BCUT2D eigenvalue weighted by Crippen LogP contribution is -2.53. The Morgan fingerprint density at radius 2 is 1.83 bits per heavy atom. The zero-order chi connectivity index (χ0) is 20.8. The summed E-state index contributed by atoms with van der Waals surface area (Å²) in [6.45, 7) is 4.00. The number of carbonyl (C=O) groups excluding carboxylic acids is 3. The molecule has 2 aliphatic heterocycles. The molecule has 29 heavy (non-hydrogen) atoms. The molecule has 3 rings (SSSR count). The molecule has 162 valence electrons. The van der Waals surface area contributed by atoms with Crippen molar-refractivity contribution in [3.05, 3.63) is 0 Å². The first kappa shape index (κ1) is 22.1. The molecule has 3 fully saturated rings. The molecule has 9 heteroatoms. The van der Waals surface area contributed by atoms with Gasteiger partial charge in [0.15, 0.2) is 5.17 Å². The maximum Gasteiger partial charge on any atom is 0.309 e. The van der Waals surface area contributed by atoms with E-state index in [2.05, 4.69) is 22.8 Å². The number of ether oxygens (including phenoxy) is 1. The van der Waals surface area contributed by atoms with Crippen LogP contribution in [0.5, 0.6) is 0 Å². The number of rotatable bonds is 6. The highest BCUT2D eigenvalue weighted by atomic mass is 32.2. The molecule has 0 aromatic carbocycles. The van der Waals surface area contributed by atoms with Crippen molar-refractivity contribution >= 4 is 34.5 Å². The molecule has 2 amide bonds. The van der Waals surface area contributed by atoms with Crippen LogP contribution in [0.15, 0.2) is 5.10 Å². The third-order valence-corrected chi connectivity index (χ3v) is 7.10. The van der Waals surface area contributed by atoms with Crippen LogP contribution in [0.2, 0.25) is 0 Å². The fourth-order valence-corrected chi connectivity index (χ4v) is 5.27. The lowest BCUT2D eigenvalue weighted by Gasteiger charge is -2.31. The van der Waals surface area contributed by atoms with Crippen LogP contribution < -0.4 is 10.7 Å². The number of ketones is 1. The lowest BCUT2D eigenvalue weighted by molar-refractivity contribution is -0.142. The highest BCUT2D eigenvalue weighted by Gasteiger charge is 2.36. The maximum atomic E-state index is 13.0. The SMILES string of the molecule is C[C@@H]1CN(C)C(=NNC(=O)C(=O)C(NC(=O)C2CCCCC2)C2CCOCC2)S1. The predicted octanol–water partition coefficient (Wildman–Crippen LogP) is 1.50. The van der Waals surface area contributed by atoms with E-state index in [9.17, 15) is 14.4 Å². The smallest absolute Gasteiger partial charge is 0.309 e. The normalized spacial score (nSPS) is 26.3. The van der Waals surface area contributed by atoms with Gasteiger partial charge >= 0.3 is 5.91 Å². The Labute approximate surface area is 176 Å². The van der Waals surface area contributed by atoms with E-state index in [1.165, 1.54) is 0 Å². The molecule has 2 atom stereocenters. The largest absolute Gasteiger partial charge is 0.381 e. The van der Waals surface area contributed by atoms with Gasteiger partial charge in [-0.1, -0.05) is 37.9 Å². The third-order valence-electron chi connectivity index (χ3n) is 5.93. The molecule has 0 spiro atoms. The van der Waals surface area contributed by atoms with Gasteiger partial charge in [0.05, 0.1) is 0 Å². The van der Waals surface area contributed by atoms with E-state index in [-0.39, 0.29) is 17.7 Å². The number of hydrogen-bond donors (Lipinski definition) is 2. The van der Waals surface area contributed by atoms with Gasteiger partial charge in [0.2, 0.25) is 11.7 Å². The number of hydrazone groups is 1. The monoisotopic (exact) mass is 424 g/mol. The van der Waals surface area contributed by atoms with Gasteiger partial charge in [-0.3, -0.25) is 14.4 Å². The van der Waals surface area contributed by atoms with E-state index in [1.807, 2.05) is 11.9 Å². The molecule has 0 aromatic rings. The number of thioether (sulfide) groups is 1. The summed E-state index contributed by atoms with van der Waals surface area (Å²) in [5.41, 5.74) is 2.40. The summed E-state index contributed by atoms with van der Waals surface area (Å²) in [4.78, 5) is 40.2. The van der Waals surface area contributed by atoms with E-state index in [1.54, 1.807) is 11.8 Å². The van der Waals surface area contributed by atoms with E-state index in [0.717, 1.165) is 38.6 Å². The minimum atomic E-state index is -0.818. The van der Waals surface area contributed by atoms with Crippen LogP contribution in [0.3, 0.4) is 0 Å². The summed E-state index contributed by atoms with van der Waals surface area (Å²) in [6, 6.07) is -0.818. The highest BCUT2D eigenvalue weighted by Crippen LogP contribution is 2.26. The molecule has 1 aliphatic carbocycles. The molecule has 2 heterocycles. The van der Waals surface area contributed by atoms with Gasteiger partial charge in [0.1, 0.15) is 6.04 Å². The van der Waals surface area contributed by atoms with Crippen LogP contribution in [0.25, 0.3) is 0 Å². The van der Waals surface area contributed by atoms with Crippen LogP contribution in [0.4, 0.5) is 0 Å². The molecular weight excluding hydrogens is 392 g/mol. The average molecular weight is 425 g/mol. The topological polar surface area (TPSA) is 100 Å². The summed E-state index contributed by atoms with van der Waals surface area (Å²) in [5, 5.41) is 8.10. The molecule has 2 N–H and O–H groups in total. The summed E-state index contributed by atoms with van der Waals surface area (Å²) in [6.07, 6.45) is 6.23. The standard InChI is InChI=1S/C20H32N4O4S/c1-13-12-24(2)20(29-13)23-22-19(27)17(25)16(14-8-10-28-11-9-14)21-18(26)15-6-4-3-5-7-15/h13-16H,3-12H2,1-2H3,(H,21,26)(H,22,27)/t13-,16?/m1/s1. The van der Waals surface area contributed by atoms with Crippen LogP contribution in [-0.2, 0) is 19.1 Å². The Balaban J connectivity index is 1.65. The Morgan fingerprint density at radius 3 is 2.45 bits per heavy atom. The average Bonchev–Trinajstić information content (AvgIpc) is 3.07. The van der Waals surface area contributed by atoms with Crippen LogP contribution in [-0.4, -0.2) is 65.8 Å². The second kappa shape index (κ2) is 10.4. The second-order valence-corrected chi connectivity index (χ2v) is 9.69. The maximum absolute atomic E-state index is 13.0. The predicted molar refractivity (Wildman–Crippen MR) is 112 cm³/mol. The van der Waals surface area contributed by atoms with Gasteiger partial charge in [0.25, 0.3) is 0 Å². The first-order valence-corrected chi connectivity index (χ1v) is 11.5. The van der Waals surface area contributed by atoms with Crippen LogP contribution >= 0.6 is 11.8 Å². The zero-order valence-corrected chi connectivity index (χ0v) is 18.1. The van der Waals surface area contributed by atoms with Crippen molar-refractivity contribution in [3.8, 4) is 0 Å². The fraction of sp³-hybridized carbons (Fsp3) is 0.800. The fourth-order valence-electron chi connectivity index (χ4n) is 4.26. The van der Waals surface area contributed by atoms with Crippen LogP contribution in [0, 0.1) is 11.8 Å². The molecular formula is C20H32N4O4S. The number of carbonyl (C=O) groups is 3. The number of Topliss-reactive ketones (excluding diaryl/α,β-unsaturated/α-hetero) is 1. The molecule has 8 nitrogen and oxygen atoms in total. The van der Waals surface area contributed by atoms with Gasteiger partial charge in [0, 0.05) is 38.0 Å². The first-order chi connectivity index (χ1) is 14.0. The van der Waals surface area contributed by atoms with E-state index in [0.29, 0.717) is 36.5 Å². The quantitative estimate of drug-likeness (QED) is 0.495. The van der Waals surface area contributed by atoms with Gasteiger partial charge in [-0.25, -0.2) is 5.43 Å². The summed E-state index contributed by atoms with van der Waals surface area (Å²) in [5.74, 6) is -1.65. The lowest BCUT2D eigenvalue weighted by atomic mass is 9.85. The molecule has 1 saturated carbocycles. The highest BCUT2D eigenvalue weighted by molar-refractivity contribution is 8.14. The molecule has 0 aromatic heterocycles. The van der Waals surface area contributed by atoms with Crippen molar-refractivity contribution in [2.75, 3.05) is 26.8 Å². The van der Waals surface area contributed by atoms with Crippen molar-refractivity contribution < 1.29 is 19.1 Å². The van der Waals surface area contributed by atoms with Crippen molar-refractivity contribution in [2.24, 2.45) is 16.9 Å². The van der Waals surface area contributed by atoms with Crippen molar-refractivity contribution in [1.82, 2.24) is 15.6 Å². The summed E-state index contributed by atoms with van der Waals surface area (Å²) in [7, 11) is 1.90. The van der Waals surface area contributed by atoms with Gasteiger partial charge in [-0.2, -0.15) is 0 Å². The Kier molecular flexibility index (Phi) is 7.94. The van der Waals surface area contributed by atoms with E-state index < -0.39 is 17.7 Å². The Hall–Kier alpha value is -1.61. The number of hydrogen-bond acceptors (Lipinski definition) is 6. The number of nitrogens with one attached hydrogen (secondary N) is 2. The van der Waals surface area contributed by atoms with Crippen LogP contribution in [0.1, 0.15) is 51.9 Å². The molecule has 1 unspecified atom stereocenters. The second-order valence-electron chi connectivity index (χ2n) is 8.28. The number of amidine groups is 1. The number of nitrogens with zero attached hydrogens (tertiary/aromatic N) is 2. The summed E-state index contributed by atoms with van der Waals surface area (Å²) >= 11 is 1.56. The molecule has 2 saturated heterocycles. The van der Waals surface area contributed by atoms with Crippen molar-refractivity contribution in [2.45, 2.75) is 63.2 Å². The summed E-state index contributed by atoms with van der Waals surface area (Å²) < 4.78 is 5.39. The zero-order valence-electron chi connectivity index (χ0n) is 17.3. The van der Waals surface area contributed by atoms with Gasteiger partial charge in [-0.05, 0) is 31.6 Å². The van der Waals surface area contributed by atoms with Crippen molar-refractivity contribution in [3.63, 3.8) is 0 Å². The number of amides is 2. The van der Waals surface area contributed by atoms with E-state index in [4.69, 9.17) is 4.74 Å². The minimum absolute atomic E-state index is 0.0628. The molecule has 3 aliphatic rings. The van der Waals surface area contributed by atoms with Gasteiger partial charge in [-0.15, -0.1) is 5.10 Å². The Morgan fingerprint density at radius 1 is 1.14 bits per heavy atom. The molecule has 0 bridgehead atoms. The van der Waals surface area contributed by atoms with E-state index >= 15 is 0 Å². The molecule has 0 radical (unpaired) electrons.